The zero-order chi connectivity index (χ0) is 14.7. The molecule has 1 fully saturated rings. The highest BCUT2D eigenvalue weighted by atomic mass is 16.3. The van der Waals surface area contributed by atoms with Crippen molar-refractivity contribution < 1.29 is 5.11 Å². The number of aliphatic hydroxyl groups excluding tert-OH is 1. The van der Waals surface area contributed by atoms with Crippen LogP contribution in [0.15, 0.2) is 42.7 Å². The summed E-state index contributed by atoms with van der Waals surface area (Å²) in [6.45, 7) is 2.24. The first kappa shape index (κ1) is 14.3. The van der Waals surface area contributed by atoms with E-state index in [1.807, 2.05) is 29.1 Å². The third kappa shape index (κ3) is 3.18. The molecule has 3 nitrogen and oxygen atoms in total. The Morgan fingerprint density at radius 1 is 1.19 bits per heavy atom. The minimum atomic E-state index is -0.262. The Morgan fingerprint density at radius 3 is 2.76 bits per heavy atom. The Labute approximate surface area is 126 Å². The quantitative estimate of drug-likeness (QED) is 0.919. The van der Waals surface area contributed by atoms with Crippen molar-refractivity contribution in [1.82, 2.24) is 9.78 Å². The standard InChI is InChI=1S/C18H24N2O/c1-2-6-14-9-10-18(21)17(11-14)20-13-16(12-19-20)15-7-4-3-5-8-15/h3-5,7-8,12-14,17-18,21H,2,6,9-11H2,1H3. The van der Waals surface area contributed by atoms with Gasteiger partial charge < -0.3 is 5.11 Å². The van der Waals surface area contributed by atoms with Crippen molar-refractivity contribution in [2.75, 3.05) is 0 Å². The van der Waals surface area contributed by atoms with Gasteiger partial charge in [0, 0.05) is 11.8 Å². The molecule has 3 heteroatoms. The van der Waals surface area contributed by atoms with E-state index >= 15 is 0 Å². The van der Waals surface area contributed by atoms with Gasteiger partial charge in [0.25, 0.3) is 0 Å². The number of hydrogen-bond acceptors (Lipinski definition) is 2. The van der Waals surface area contributed by atoms with E-state index in [0.717, 1.165) is 30.7 Å². The molecule has 3 atom stereocenters. The molecule has 1 heterocycles. The van der Waals surface area contributed by atoms with Crippen LogP contribution < -0.4 is 0 Å². The molecule has 1 aliphatic rings. The number of benzene rings is 1. The lowest BCUT2D eigenvalue weighted by atomic mass is 9.81. The maximum Gasteiger partial charge on any atom is 0.0780 e. The summed E-state index contributed by atoms with van der Waals surface area (Å²) >= 11 is 0. The Morgan fingerprint density at radius 2 is 2.00 bits per heavy atom. The van der Waals surface area contributed by atoms with Crippen LogP contribution in [0, 0.1) is 5.92 Å². The van der Waals surface area contributed by atoms with Crippen molar-refractivity contribution in [1.29, 1.82) is 0 Å². The molecule has 0 spiro atoms. The molecule has 0 saturated heterocycles. The van der Waals surface area contributed by atoms with E-state index in [9.17, 15) is 5.11 Å². The highest BCUT2D eigenvalue weighted by Gasteiger charge is 2.30. The molecule has 0 radical (unpaired) electrons. The smallest absolute Gasteiger partial charge is 0.0780 e. The van der Waals surface area contributed by atoms with E-state index < -0.39 is 0 Å². The Hall–Kier alpha value is -1.61. The van der Waals surface area contributed by atoms with Gasteiger partial charge in [-0.05, 0) is 30.7 Å². The SMILES string of the molecule is CCCC1CCC(O)C(n2cc(-c3ccccc3)cn2)C1. The number of aromatic nitrogens is 2. The van der Waals surface area contributed by atoms with Gasteiger partial charge in [-0.3, -0.25) is 4.68 Å². The average Bonchev–Trinajstić information content (AvgIpc) is 3.00. The summed E-state index contributed by atoms with van der Waals surface area (Å²) in [7, 11) is 0. The predicted octanol–water partition coefficient (Wildman–Crippen LogP) is 4.05. The predicted molar refractivity (Wildman–Crippen MR) is 85.0 cm³/mol. The van der Waals surface area contributed by atoms with Crippen molar-refractivity contribution >= 4 is 0 Å². The van der Waals surface area contributed by atoms with Crippen molar-refractivity contribution in [2.24, 2.45) is 5.92 Å². The summed E-state index contributed by atoms with van der Waals surface area (Å²) in [6.07, 6.45) is 9.31. The molecule has 1 aromatic carbocycles. The van der Waals surface area contributed by atoms with Crippen molar-refractivity contribution in [3.63, 3.8) is 0 Å². The maximum atomic E-state index is 10.3. The van der Waals surface area contributed by atoms with Gasteiger partial charge in [0.2, 0.25) is 0 Å². The molecule has 3 unspecified atom stereocenters. The zero-order valence-corrected chi connectivity index (χ0v) is 12.7. The molecule has 112 valence electrons. The van der Waals surface area contributed by atoms with Crippen LogP contribution >= 0.6 is 0 Å². The van der Waals surface area contributed by atoms with Crippen LogP contribution in [0.1, 0.15) is 45.1 Å². The number of rotatable bonds is 4. The Bertz CT molecular complexity index is 564. The third-order valence-corrected chi connectivity index (χ3v) is 4.64. The molecule has 1 saturated carbocycles. The molecule has 1 aliphatic carbocycles. The summed E-state index contributed by atoms with van der Waals surface area (Å²) < 4.78 is 1.98. The molecule has 0 aliphatic heterocycles. The van der Waals surface area contributed by atoms with Gasteiger partial charge in [-0.1, -0.05) is 50.1 Å². The van der Waals surface area contributed by atoms with Gasteiger partial charge in [0.05, 0.1) is 18.3 Å². The van der Waals surface area contributed by atoms with Crippen LogP contribution in [0.4, 0.5) is 0 Å². The lowest BCUT2D eigenvalue weighted by molar-refractivity contribution is 0.0465. The highest BCUT2D eigenvalue weighted by molar-refractivity contribution is 5.61. The summed E-state index contributed by atoms with van der Waals surface area (Å²) in [5, 5.41) is 14.8. The Kier molecular flexibility index (Phi) is 4.39. The second-order valence-corrected chi connectivity index (χ2v) is 6.18. The van der Waals surface area contributed by atoms with Gasteiger partial charge in [0.1, 0.15) is 0 Å². The molecular weight excluding hydrogens is 260 g/mol. The third-order valence-electron chi connectivity index (χ3n) is 4.64. The summed E-state index contributed by atoms with van der Waals surface area (Å²) in [6, 6.07) is 10.4. The minimum Gasteiger partial charge on any atom is -0.391 e. The maximum absolute atomic E-state index is 10.3. The first-order valence-electron chi connectivity index (χ1n) is 8.05. The fraction of sp³-hybridized carbons (Fsp3) is 0.500. The molecular formula is C18H24N2O. The van der Waals surface area contributed by atoms with Crippen LogP contribution in [0.2, 0.25) is 0 Å². The van der Waals surface area contributed by atoms with E-state index in [1.165, 1.54) is 18.4 Å². The molecule has 2 aromatic rings. The lowest BCUT2D eigenvalue weighted by Gasteiger charge is -2.33. The van der Waals surface area contributed by atoms with Crippen LogP contribution in [0.25, 0.3) is 11.1 Å². The number of hydrogen-bond donors (Lipinski definition) is 1. The van der Waals surface area contributed by atoms with E-state index in [2.05, 4.69) is 30.4 Å². The monoisotopic (exact) mass is 284 g/mol. The average molecular weight is 284 g/mol. The van der Waals surface area contributed by atoms with Crippen LogP contribution in [0.5, 0.6) is 0 Å². The van der Waals surface area contributed by atoms with Gasteiger partial charge in [-0.2, -0.15) is 5.10 Å². The second-order valence-electron chi connectivity index (χ2n) is 6.18. The zero-order valence-electron chi connectivity index (χ0n) is 12.7. The largest absolute Gasteiger partial charge is 0.391 e. The van der Waals surface area contributed by atoms with Crippen molar-refractivity contribution in [3.05, 3.63) is 42.7 Å². The normalized spacial score (nSPS) is 25.9. The molecule has 1 aromatic heterocycles. The molecule has 0 amide bonds. The van der Waals surface area contributed by atoms with Gasteiger partial charge >= 0.3 is 0 Å². The highest BCUT2D eigenvalue weighted by Crippen LogP contribution is 2.35. The van der Waals surface area contributed by atoms with Gasteiger partial charge in [-0.15, -0.1) is 0 Å². The lowest BCUT2D eigenvalue weighted by Crippen LogP contribution is -2.31. The van der Waals surface area contributed by atoms with Gasteiger partial charge in [-0.25, -0.2) is 0 Å². The number of nitrogens with zero attached hydrogens (tertiary/aromatic N) is 2. The van der Waals surface area contributed by atoms with E-state index in [0.29, 0.717) is 0 Å². The van der Waals surface area contributed by atoms with E-state index in [4.69, 9.17) is 0 Å². The van der Waals surface area contributed by atoms with Crippen molar-refractivity contribution in [3.8, 4) is 11.1 Å². The first-order chi connectivity index (χ1) is 10.3. The molecule has 1 N–H and O–H groups in total. The van der Waals surface area contributed by atoms with Crippen LogP contribution in [-0.4, -0.2) is 21.0 Å². The second kappa shape index (κ2) is 6.44. The first-order valence-corrected chi connectivity index (χ1v) is 8.05. The minimum absolute atomic E-state index is 0.132. The Balaban J connectivity index is 1.78. The van der Waals surface area contributed by atoms with E-state index in [-0.39, 0.29) is 12.1 Å². The summed E-state index contributed by atoms with van der Waals surface area (Å²) in [5.41, 5.74) is 2.31. The number of aliphatic hydroxyl groups is 1. The fourth-order valence-electron chi connectivity index (χ4n) is 3.47. The topological polar surface area (TPSA) is 38.0 Å². The van der Waals surface area contributed by atoms with Crippen molar-refractivity contribution in [2.45, 2.75) is 51.2 Å². The van der Waals surface area contributed by atoms with Crippen LogP contribution in [0.3, 0.4) is 0 Å². The fourth-order valence-corrected chi connectivity index (χ4v) is 3.47. The van der Waals surface area contributed by atoms with Gasteiger partial charge in [0.15, 0.2) is 0 Å². The molecule has 3 rings (SSSR count). The molecule has 21 heavy (non-hydrogen) atoms. The van der Waals surface area contributed by atoms with E-state index in [1.54, 1.807) is 0 Å². The summed E-state index contributed by atoms with van der Waals surface area (Å²) in [4.78, 5) is 0. The summed E-state index contributed by atoms with van der Waals surface area (Å²) in [5.74, 6) is 0.729. The molecule has 0 bridgehead atoms. The van der Waals surface area contributed by atoms with Crippen LogP contribution in [-0.2, 0) is 0 Å².